The first-order chi connectivity index (χ1) is 13.3. The average molecular weight is 362 g/mol. The number of nitrogens with one attached hydrogen (secondary N) is 1. The molecule has 7 nitrogen and oxygen atoms in total. The molecule has 3 heterocycles. The first kappa shape index (κ1) is 17.4. The normalized spacial score (nSPS) is 16.7. The molecule has 3 aromatic rings. The molecule has 1 N–H and O–H groups in total. The Labute approximate surface area is 158 Å². The van der Waals surface area contributed by atoms with Crippen LogP contribution in [-0.2, 0) is 13.1 Å². The summed E-state index contributed by atoms with van der Waals surface area (Å²) in [4.78, 5) is 22.5. The van der Waals surface area contributed by atoms with E-state index in [1.54, 1.807) is 6.20 Å². The van der Waals surface area contributed by atoms with E-state index in [1.165, 1.54) is 23.7 Å². The lowest BCUT2D eigenvalue weighted by Crippen LogP contribution is -2.39. The van der Waals surface area contributed by atoms with Crippen LogP contribution in [0.3, 0.4) is 0 Å². The van der Waals surface area contributed by atoms with E-state index in [2.05, 4.69) is 60.3 Å². The Morgan fingerprint density at radius 1 is 1.15 bits per heavy atom. The first-order valence-electron chi connectivity index (χ1n) is 9.12. The van der Waals surface area contributed by atoms with Crippen molar-refractivity contribution in [1.82, 2.24) is 30.0 Å². The number of carbonyl (C=O) groups is 1. The second-order valence-electron chi connectivity index (χ2n) is 6.71. The molecule has 0 aliphatic carbocycles. The zero-order valence-corrected chi connectivity index (χ0v) is 15.0. The monoisotopic (exact) mass is 362 g/mol. The maximum absolute atomic E-state index is 12.1. The summed E-state index contributed by atoms with van der Waals surface area (Å²) in [6.45, 7) is 3.27. The summed E-state index contributed by atoms with van der Waals surface area (Å²) >= 11 is 0. The second-order valence-corrected chi connectivity index (χ2v) is 6.71. The molecule has 0 spiro atoms. The van der Waals surface area contributed by atoms with Crippen LogP contribution < -0.4 is 5.32 Å². The van der Waals surface area contributed by atoms with Crippen LogP contribution in [0.25, 0.3) is 0 Å². The van der Waals surface area contributed by atoms with Gasteiger partial charge in [-0.1, -0.05) is 30.3 Å². The highest BCUT2D eigenvalue weighted by molar-refractivity contribution is 5.91. The summed E-state index contributed by atoms with van der Waals surface area (Å²) in [6.07, 6.45) is 7.22. The Kier molecular flexibility index (Phi) is 5.20. The van der Waals surface area contributed by atoms with Crippen LogP contribution in [0.5, 0.6) is 0 Å². The van der Waals surface area contributed by atoms with Crippen molar-refractivity contribution in [2.75, 3.05) is 13.1 Å². The maximum atomic E-state index is 12.1. The van der Waals surface area contributed by atoms with Crippen LogP contribution in [0, 0.1) is 0 Å². The number of benzene rings is 1. The van der Waals surface area contributed by atoms with Crippen LogP contribution in [0.2, 0.25) is 0 Å². The van der Waals surface area contributed by atoms with Crippen molar-refractivity contribution in [2.45, 2.75) is 25.6 Å². The smallest absolute Gasteiger partial charge is 0.271 e. The van der Waals surface area contributed by atoms with Crippen LogP contribution in [-0.4, -0.2) is 43.6 Å². The fourth-order valence-electron chi connectivity index (χ4n) is 3.50. The van der Waals surface area contributed by atoms with Crippen molar-refractivity contribution >= 4 is 5.91 Å². The standard InChI is InChI=1S/C20H22N6O/c27-20(19-12-21-10-11-22-19)23-8-6-17-14-25(13-16-4-2-1-3-5-16)15-18-7-9-24-26(17)18/h1-5,7,9-12,17H,6,8,13-15H2,(H,23,27). The summed E-state index contributed by atoms with van der Waals surface area (Å²) in [7, 11) is 0. The Morgan fingerprint density at radius 2 is 2.04 bits per heavy atom. The molecule has 1 aliphatic heterocycles. The third kappa shape index (κ3) is 4.20. The van der Waals surface area contributed by atoms with Gasteiger partial charge in [-0.25, -0.2) is 4.98 Å². The van der Waals surface area contributed by atoms with Crippen molar-refractivity contribution in [2.24, 2.45) is 0 Å². The van der Waals surface area contributed by atoms with E-state index in [9.17, 15) is 4.79 Å². The Hall–Kier alpha value is -3.06. The van der Waals surface area contributed by atoms with Gasteiger partial charge in [-0.15, -0.1) is 0 Å². The molecule has 0 radical (unpaired) electrons. The van der Waals surface area contributed by atoms with E-state index in [4.69, 9.17) is 0 Å². The molecule has 0 fully saturated rings. The number of nitrogens with zero attached hydrogens (tertiary/aromatic N) is 5. The summed E-state index contributed by atoms with van der Waals surface area (Å²) in [5.41, 5.74) is 2.86. The van der Waals surface area contributed by atoms with Gasteiger partial charge in [0, 0.05) is 44.8 Å². The summed E-state index contributed by atoms with van der Waals surface area (Å²) in [5.74, 6) is -0.194. The summed E-state index contributed by atoms with van der Waals surface area (Å²) < 4.78 is 2.09. The molecular weight excluding hydrogens is 340 g/mol. The summed E-state index contributed by atoms with van der Waals surface area (Å²) in [6, 6.07) is 12.8. The molecule has 1 atom stereocenters. The van der Waals surface area contributed by atoms with Gasteiger partial charge in [0.15, 0.2) is 0 Å². The molecule has 2 aromatic heterocycles. The fourth-order valence-corrected chi connectivity index (χ4v) is 3.50. The Balaban J connectivity index is 1.37. The lowest BCUT2D eigenvalue weighted by atomic mass is 10.1. The third-order valence-electron chi connectivity index (χ3n) is 4.76. The van der Waals surface area contributed by atoms with Gasteiger partial charge in [-0.3, -0.25) is 19.4 Å². The van der Waals surface area contributed by atoms with Gasteiger partial charge >= 0.3 is 0 Å². The quantitative estimate of drug-likeness (QED) is 0.726. The predicted molar refractivity (Wildman–Crippen MR) is 101 cm³/mol. The molecule has 1 aliphatic rings. The van der Waals surface area contributed by atoms with Gasteiger partial charge in [0.1, 0.15) is 5.69 Å². The molecule has 7 heteroatoms. The molecule has 4 rings (SSSR count). The third-order valence-corrected chi connectivity index (χ3v) is 4.76. The Bertz CT molecular complexity index is 880. The molecule has 27 heavy (non-hydrogen) atoms. The second kappa shape index (κ2) is 8.09. The van der Waals surface area contributed by atoms with E-state index in [0.29, 0.717) is 12.2 Å². The minimum atomic E-state index is -0.194. The van der Waals surface area contributed by atoms with Crippen LogP contribution in [0.4, 0.5) is 0 Å². The van der Waals surface area contributed by atoms with Gasteiger partial charge in [0.25, 0.3) is 5.91 Å². The van der Waals surface area contributed by atoms with E-state index in [-0.39, 0.29) is 11.9 Å². The fraction of sp³-hybridized carbons (Fsp3) is 0.300. The zero-order chi connectivity index (χ0) is 18.5. The number of aromatic nitrogens is 4. The number of hydrogen-bond donors (Lipinski definition) is 1. The minimum absolute atomic E-state index is 0.194. The molecule has 0 bridgehead atoms. The lowest BCUT2D eigenvalue weighted by Gasteiger charge is -2.34. The van der Waals surface area contributed by atoms with E-state index in [1.807, 2.05) is 12.3 Å². The summed E-state index contributed by atoms with van der Waals surface area (Å²) in [5, 5.41) is 7.42. The van der Waals surface area contributed by atoms with Gasteiger partial charge in [-0.2, -0.15) is 5.10 Å². The predicted octanol–water partition coefficient (Wildman–Crippen LogP) is 2.05. The van der Waals surface area contributed by atoms with Crippen LogP contribution in [0.1, 0.15) is 34.2 Å². The van der Waals surface area contributed by atoms with Gasteiger partial charge < -0.3 is 5.32 Å². The highest BCUT2D eigenvalue weighted by atomic mass is 16.1. The average Bonchev–Trinajstić information content (AvgIpc) is 3.18. The van der Waals surface area contributed by atoms with E-state index in [0.717, 1.165) is 26.1 Å². The number of hydrogen-bond acceptors (Lipinski definition) is 5. The number of amides is 1. The maximum Gasteiger partial charge on any atom is 0.271 e. The molecular formula is C20H22N6O. The van der Waals surface area contributed by atoms with Crippen molar-refractivity contribution < 1.29 is 4.79 Å². The van der Waals surface area contributed by atoms with Crippen molar-refractivity contribution in [3.05, 3.63) is 78.1 Å². The molecule has 1 amide bonds. The van der Waals surface area contributed by atoms with Gasteiger partial charge in [-0.05, 0) is 18.1 Å². The molecule has 0 saturated heterocycles. The molecule has 1 unspecified atom stereocenters. The van der Waals surface area contributed by atoms with Gasteiger partial charge in [0.2, 0.25) is 0 Å². The lowest BCUT2D eigenvalue weighted by molar-refractivity contribution is 0.0941. The zero-order valence-electron chi connectivity index (χ0n) is 15.0. The van der Waals surface area contributed by atoms with Crippen molar-refractivity contribution in [3.63, 3.8) is 0 Å². The van der Waals surface area contributed by atoms with E-state index < -0.39 is 0 Å². The van der Waals surface area contributed by atoms with Gasteiger partial charge in [0.05, 0.1) is 17.9 Å². The number of carbonyl (C=O) groups excluding carboxylic acids is 1. The molecule has 0 saturated carbocycles. The van der Waals surface area contributed by atoms with E-state index >= 15 is 0 Å². The number of rotatable bonds is 6. The highest BCUT2D eigenvalue weighted by Crippen LogP contribution is 2.24. The highest BCUT2D eigenvalue weighted by Gasteiger charge is 2.25. The Morgan fingerprint density at radius 3 is 2.85 bits per heavy atom. The number of fused-ring (bicyclic) bond motifs is 1. The van der Waals surface area contributed by atoms with Crippen molar-refractivity contribution in [3.8, 4) is 0 Å². The van der Waals surface area contributed by atoms with Crippen LogP contribution >= 0.6 is 0 Å². The minimum Gasteiger partial charge on any atom is -0.351 e. The first-order valence-corrected chi connectivity index (χ1v) is 9.12. The molecule has 138 valence electrons. The van der Waals surface area contributed by atoms with Crippen molar-refractivity contribution in [1.29, 1.82) is 0 Å². The SMILES string of the molecule is O=C(NCCC1CN(Cc2ccccc2)Cc2ccnn21)c1cnccn1. The topological polar surface area (TPSA) is 75.9 Å². The molecule has 1 aromatic carbocycles. The van der Waals surface area contributed by atoms with Crippen LogP contribution in [0.15, 0.2) is 61.2 Å². The largest absolute Gasteiger partial charge is 0.351 e.